The molecule has 0 aliphatic rings. The number of aromatic amines is 1. The first kappa shape index (κ1) is 10.7. The minimum Gasteiger partial charge on any atom is -0.330 e. The molecule has 3 N–H and O–H groups in total. The number of halogens is 3. The number of rotatable bonds is 3. The van der Waals surface area contributed by atoms with Crippen LogP contribution in [0, 0.1) is 0 Å². The zero-order chi connectivity index (χ0) is 10.8. The van der Waals surface area contributed by atoms with Gasteiger partial charge in [-0.3, -0.25) is 9.89 Å². The first-order valence-electron chi connectivity index (χ1n) is 3.81. The van der Waals surface area contributed by atoms with Gasteiger partial charge in [-0.2, -0.15) is 18.3 Å². The Hall–Kier alpha value is -1.37. The standard InChI is InChI=1S/C7H8F3N3O/c8-7(9,10)6-3-4(12-13-6)5(14)1-2-11/h3H,1-2,11H2,(H,12,13). The van der Waals surface area contributed by atoms with Crippen LogP contribution in [0.3, 0.4) is 0 Å². The van der Waals surface area contributed by atoms with Gasteiger partial charge in [-0.15, -0.1) is 0 Å². The van der Waals surface area contributed by atoms with Gasteiger partial charge < -0.3 is 5.73 Å². The summed E-state index contributed by atoms with van der Waals surface area (Å²) in [4.78, 5) is 11.1. The van der Waals surface area contributed by atoms with E-state index in [9.17, 15) is 18.0 Å². The van der Waals surface area contributed by atoms with E-state index in [-0.39, 0.29) is 18.7 Å². The van der Waals surface area contributed by atoms with E-state index < -0.39 is 17.7 Å². The van der Waals surface area contributed by atoms with E-state index in [1.165, 1.54) is 0 Å². The Morgan fingerprint density at radius 3 is 2.64 bits per heavy atom. The summed E-state index contributed by atoms with van der Waals surface area (Å²) in [7, 11) is 0. The SMILES string of the molecule is NCCC(=O)c1cc(C(F)(F)F)[nH]n1. The van der Waals surface area contributed by atoms with Crippen LogP contribution in [0.1, 0.15) is 22.6 Å². The van der Waals surface area contributed by atoms with Crippen LogP contribution < -0.4 is 5.73 Å². The van der Waals surface area contributed by atoms with Gasteiger partial charge in [0.25, 0.3) is 0 Å². The molecule has 7 heteroatoms. The molecule has 0 saturated heterocycles. The maximum atomic E-state index is 12.0. The first-order valence-corrected chi connectivity index (χ1v) is 3.81. The fraction of sp³-hybridized carbons (Fsp3) is 0.429. The van der Waals surface area contributed by atoms with Gasteiger partial charge in [0, 0.05) is 6.42 Å². The summed E-state index contributed by atoms with van der Waals surface area (Å²) in [6, 6.07) is 0.679. The summed E-state index contributed by atoms with van der Waals surface area (Å²) in [6.07, 6.45) is -4.52. The number of nitrogens with two attached hydrogens (primary N) is 1. The second kappa shape index (κ2) is 3.79. The number of hydrogen-bond acceptors (Lipinski definition) is 3. The molecule has 0 radical (unpaired) electrons. The maximum Gasteiger partial charge on any atom is 0.432 e. The van der Waals surface area contributed by atoms with Gasteiger partial charge in [-0.05, 0) is 12.6 Å². The zero-order valence-corrected chi connectivity index (χ0v) is 7.06. The minimum atomic E-state index is -4.51. The van der Waals surface area contributed by atoms with Crippen molar-refractivity contribution in [2.24, 2.45) is 5.73 Å². The number of nitrogens with zero attached hydrogens (tertiary/aromatic N) is 1. The van der Waals surface area contributed by atoms with Gasteiger partial charge in [0.05, 0.1) is 0 Å². The van der Waals surface area contributed by atoms with Gasteiger partial charge in [0.1, 0.15) is 11.4 Å². The minimum absolute atomic E-state index is 0.0118. The number of ketones is 1. The lowest BCUT2D eigenvalue weighted by Crippen LogP contribution is -2.08. The highest BCUT2D eigenvalue weighted by atomic mass is 19.4. The molecular formula is C7H8F3N3O. The van der Waals surface area contributed by atoms with Crippen LogP contribution in [-0.4, -0.2) is 22.5 Å². The van der Waals surface area contributed by atoms with Crippen LogP contribution in [0.25, 0.3) is 0 Å². The van der Waals surface area contributed by atoms with E-state index in [0.29, 0.717) is 6.07 Å². The number of H-pyrrole nitrogens is 1. The van der Waals surface area contributed by atoms with Crippen molar-refractivity contribution in [1.29, 1.82) is 0 Å². The summed E-state index contributed by atoms with van der Waals surface area (Å²) in [5.41, 5.74) is 3.82. The average Bonchev–Trinajstić information content (AvgIpc) is 2.51. The van der Waals surface area contributed by atoms with Gasteiger partial charge in [-0.1, -0.05) is 0 Å². The zero-order valence-electron chi connectivity index (χ0n) is 7.06. The van der Waals surface area contributed by atoms with Crippen LogP contribution in [0.15, 0.2) is 6.07 Å². The van der Waals surface area contributed by atoms with Crippen molar-refractivity contribution in [3.63, 3.8) is 0 Å². The Morgan fingerprint density at radius 2 is 2.21 bits per heavy atom. The molecule has 78 valence electrons. The van der Waals surface area contributed by atoms with Crippen molar-refractivity contribution < 1.29 is 18.0 Å². The third-order valence-electron chi connectivity index (χ3n) is 1.54. The fourth-order valence-electron chi connectivity index (χ4n) is 0.869. The number of hydrogen-bond donors (Lipinski definition) is 2. The predicted octanol–water partition coefficient (Wildman–Crippen LogP) is 0.960. The van der Waals surface area contributed by atoms with Gasteiger partial charge in [0.2, 0.25) is 0 Å². The number of carbonyl (C=O) groups is 1. The normalized spacial score (nSPS) is 11.7. The molecule has 0 aliphatic heterocycles. The summed E-state index contributed by atoms with van der Waals surface area (Å²) >= 11 is 0. The molecule has 4 nitrogen and oxygen atoms in total. The molecule has 0 spiro atoms. The van der Waals surface area contributed by atoms with Crippen LogP contribution in [0.5, 0.6) is 0 Å². The second-order valence-corrected chi connectivity index (χ2v) is 2.63. The largest absolute Gasteiger partial charge is 0.432 e. The van der Waals surface area contributed by atoms with E-state index >= 15 is 0 Å². The molecule has 0 unspecified atom stereocenters. The van der Waals surface area contributed by atoms with E-state index in [2.05, 4.69) is 5.10 Å². The summed E-state index contributed by atoms with van der Waals surface area (Å²) in [6.45, 7) is 0.0903. The summed E-state index contributed by atoms with van der Waals surface area (Å²) in [5, 5.41) is 5.00. The Bertz CT molecular complexity index is 331. The van der Waals surface area contributed by atoms with Gasteiger partial charge in [-0.25, -0.2) is 0 Å². The summed E-state index contributed by atoms with van der Waals surface area (Å²) < 4.78 is 36.1. The molecule has 0 saturated carbocycles. The average molecular weight is 207 g/mol. The molecule has 1 rings (SSSR count). The highest BCUT2D eigenvalue weighted by Crippen LogP contribution is 2.27. The first-order chi connectivity index (χ1) is 6.45. The van der Waals surface area contributed by atoms with Crippen LogP contribution in [0.4, 0.5) is 13.2 Å². The van der Waals surface area contributed by atoms with Gasteiger partial charge >= 0.3 is 6.18 Å². The third-order valence-corrected chi connectivity index (χ3v) is 1.54. The predicted molar refractivity (Wildman–Crippen MR) is 41.6 cm³/mol. The van der Waals surface area contributed by atoms with Crippen molar-refractivity contribution in [3.05, 3.63) is 17.5 Å². The Kier molecular flexibility index (Phi) is 2.90. The second-order valence-electron chi connectivity index (χ2n) is 2.63. The highest BCUT2D eigenvalue weighted by molar-refractivity contribution is 5.94. The molecule has 1 heterocycles. The molecule has 0 aromatic carbocycles. The number of nitrogens with one attached hydrogen (secondary N) is 1. The molecule has 0 fully saturated rings. The van der Waals surface area contributed by atoms with Crippen molar-refractivity contribution in [1.82, 2.24) is 10.2 Å². The van der Waals surface area contributed by atoms with Crippen molar-refractivity contribution in [3.8, 4) is 0 Å². The molecule has 0 amide bonds. The van der Waals surface area contributed by atoms with E-state index in [0.717, 1.165) is 0 Å². The maximum absolute atomic E-state index is 12.0. The summed E-state index contributed by atoms with van der Waals surface area (Å²) in [5.74, 6) is -0.501. The number of carbonyl (C=O) groups excluding carboxylic acids is 1. The fourth-order valence-corrected chi connectivity index (χ4v) is 0.869. The van der Waals surface area contributed by atoms with Crippen LogP contribution >= 0.6 is 0 Å². The number of alkyl halides is 3. The Labute approximate surface area is 77.3 Å². The molecule has 0 aliphatic carbocycles. The highest BCUT2D eigenvalue weighted by Gasteiger charge is 2.33. The smallest absolute Gasteiger partial charge is 0.330 e. The number of Topliss-reactive ketones (excluding diaryl/α,β-unsaturated/α-hetero) is 1. The van der Waals surface area contributed by atoms with Crippen molar-refractivity contribution in [2.45, 2.75) is 12.6 Å². The molecule has 14 heavy (non-hydrogen) atoms. The molecule has 1 aromatic rings. The quantitative estimate of drug-likeness (QED) is 0.725. The topological polar surface area (TPSA) is 71.8 Å². The number of aromatic nitrogens is 2. The van der Waals surface area contributed by atoms with Crippen LogP contribution in [0.2, 0.25) is 0 Å². The molecule has 1 aromatic heterocycles. The Balaban J connectivity index is 2.83. The van der Waals surface area contributed by atoms with E-state index in [4.69, 9.17) is 5.73 Å². The monoisotopic (exact) mass is 207 g/mol. The lowest BCUT2D eigenvalue weighted by atomic mass is 10.2. The van der Waals surface area contributed by atoms with E-state index in [1.807, 2.05) is 0 Å². The lowest BCUT2D eigenvalue weighted by Gasteiger charge is -1.99. The third kappa shape index (κ3) is 2.32. The molecule has 0 atom stereocenters. The molecular weight excluding hydrogens is 199 g/mol. The Morgan fingerprint density at radius 1 is 1.57 bits per heavy atom. The van der Waals surface area contributed by atoms with Crippen molar-refractivity contribution in [2.75, 3.05) is 6.54 Å². The van der Waals surface area contributed by atoms with Gasteiger partial charge in [0.15, 0.2) is 5.78 Å². The van der Waals surface area contributed by atoms with Crippen LogP contribution in [-0.2, 0) is 6.18 Å². The van der Waals surface area contributed by atoms with E-state index in [1.54, 1.807) is 5.10 Å². The van der Waals surface area contributed by atoms with Crippen molar-refractivity contribution >= 4 is 5.78 Å². The lowest BCUT2D eigenvalue weighted by molar-refractivity contribution is -0.141. The molecule has 0 bridgehead atoms.